The molecule has 4 bridgehead atoms. The number of carbonyl (C=O) groups excluding carboxylic acids is 1. The van der Waals surface area contributed by atoms with Crippen LogP contribution in [0.3, 0.4) is 0 Å². The zero-order chi connectivity index (χ0) is 21.9. The highest BCUT2D eigenvalue weighted by Crippen LogP contribution is 2.65. The van der Waals surface area contributed by atoms with Crippen LogP contribution >= 0.6 is 0 Å². The van der Waals surface area contributed by atoms with E-state index in [0.29, 0.717) is 37.8 Å². The molecule has 1 aromatic rings. The molecule has 1 aliphatic heterocycles. The summed E-state index contributed by atoms with van der Waals surface area (Å²) >= 11 is 0. The molecule has 170 valence electrons. The Labute approximate surface area is 185 Å². The molecule has 1 saturated heterocycles. The van der Waals surface area contributed by atoms with Gasteiger partial charge in [0.15, 0.2) is 0 Å². The molecule has 31 heavy (non-hydrogen) atoms. The molecule has 5 fully saturated rings. The average Bonchev–Trinajstić information content (AvgIpc) is 2.72. The first-order valence-corrected chi connectivity index (χ1v) is 13.5. The average molecular weight is 447 g/mol. The summed E-state index contributed by atoms with van der Waals surface area (Å²) in [6.45, 7) is 0.996. The van der Waals surface area contributed by atoms with Crippen molar-refractivity contribution in [3.63, 3.8) is 0 Å². The van der Waals surface area contributed by atoms with E-state index in [2.05, 4.69) is 29.6 Å². The number of sulfonamides is 1. The fourth-order valence-electron chi connectivity index (χ4n) is 7.48. The second-order valence-corrected chi connectivity index (χ2v) is 12.6. The van der Waals surface area contributed by atoms with E-state index in [9.17, 15) is 13.2 Å². The molecule has 1 N–H and O–H groups in total. The molecule has 4 saturated carbocycles. The zero-order valence-electron chi connectivity index (χ0n) is 18.6. The monoisotopic (exact) mass is 446 g/mol. The molecule has 0 spiro atoms. The lowest BCUT2D eigenvalue weighted by Crippen LogP contribution is -2.60. The number of carbonyl (C=O) groups is 1. The third kappa shape index (κ3) is 3.78. The van der Waals surface area contributed by atoms with Crippen molar-refractivity contribution in [2.75, 3.05) is 26.5 Å². The lowest BCUT2D eigenvalue weighted by Gasteiger charge is -2.61. The summed E-state index contributed by atoms with van der Waals surface area (Å²) in [7, 11) is -1.45. The smallest absolute Gasteiger partial charge is 0.226 e. The largest absolute Gasteiger partial charge is 0.497 e. The van der Waals surface area contributed by atoms with E-state index in [-0.39, 0.29) is 22.8 Å². The second kappa shape index (κ2) is 7.48. The van der Waals surface area contributed by atoms with Crippen LogP contribution in [0.15, 0.2) is 24.3 Å². The van der Waals surface area contributed by atoms with Crippen LogP contribution < -0.4 is 10.1 Å². The van der Waals surface area contributed by atoms with Crippen molar-refractivity contribution in [1.82, 2.24) is 9.62 Å². The maximum absolute atomic E-state index is 13.7. The number of nitrogens with zero attached hydrogens (tertiary/aromatic N) is 1. The lowest BCUT2D eigenvalue weighted by atomic mass is 9.42. The van der Waals surface area contributed by atoms with Crippen LogP contribution in [0, 0.1) is 17.3 Å². The SMILES string of the molecule is COc1ccc(C23C[C@H]4C[C@@H](CC(C(=O)NC5CCN(S(C)(=O)=O)CC5)(C4)C2)C3)cc1. The van der Waals surface area contributed by atoms with Crippen molar-refractivity contribution in [1.29, 1.82) is 0 Å². The molecular formula is C24H34N2O4S. The summed E-state index contributed by atoms with van der Waals surface area (Å²) in [6.07, 6.45) is 9.27. The van der Waals surface area contributed by atoms with Gasteiger partial charge in [0.2, 0.25) is 15.9 Å². The van der Waals surface area contributed by atoms with Crippen molar-refractivity contribution >= 4 is 15.9 Å². The number of piperidine rings is 1. The highest BCUT2D eigenvalue weighted by Gasteiger charge is 2.61. The predicted octanol–water partition coefficient (Wildman–Crippen LogP) is 3.07. The predicted molar refractivity (Wildman–Crippen MR) is 119 cm³/mol. The van der Waals surface area contributed by atoms with E-state index in [1.54, 1.807) is 7.11 Å². The van der Waals surface area contributed by atoms with Crippen molar-refractivity contribution < 1.29 is 17.9 Å². The van der Waals surface area contributed by atoms with Crippen molar-refractivity contribution in [2.24, 2.45) is 17.3 Å². The van der Waals surface area contributed by atoms with Gasteiger partial charge in [-0.25, -0.2) is 12.7 Å². The first kappa shape index (κ1) is 21.3. The highest BCUT2D eigenvalue weighted by molar-refractivity contribution is 7.88. The van der Waals surface area contributed by atoms with Crippen molar-refractivity contribution in [2.45, 2.75) is 62.8 Å². The van der Waals surface area contributed by atoms with Gasteiger partial charge in [0, 0.05) is 19.1 Å². The minimum atomic E-state index is -3.15. The maximum atomic E-state index is 13.7. The van der Waals surface area contributed by atoms with Gasteiger partial charge in [-0.2, -0.15) is 0 Å². The van der Waals surface area contributed by atoms with Gasteiger partial charge in [-0.05, 0) is 86.3 Å². The Morgan fingerprint density at radius 2 is 1.68 bits per heavy atom. The van der Waals surface area contributed by atoms with Gasteiger partial charge in [-0.1, -0.05) is 12.1 Å². The number of ether oxygens (including phenoxy) is 1. The van der Waals surface area contributed by atoms with E-state index >= 15 is 0 Å². The Hall–Kier alpha value is -1.60. The summed E-state index contributed by atoms with van der Waals surface area (Å²) in [5.41, 5.74) is 1.20. The highest BCUT2D eigenvalue weighted by atomic mass is 32.2. The first-order chi connectivity index (χ1) is 14.7. The minimum absolute atomic E-state index is 0.0791. The van der Waals surface area contributed by atoms with Crippen LogP contribution in [0.4, 0.5) is 0 Å². The van der Waals surface area contributed by atoms with Crippen LogP contribution in [0.5, 0.6) is 5.75 Å². The standard InChI is InChI=1S/C24H34N2O4S/c1-30-21-5-3-19(4-6-21)23-12-17-11-18(13-23)15-24(14-17,16-23)22(27)25-20-7-9-26(10-8-20)31(2,28)29/h3-6,17-18,20H,7-16H2,1-2H3,(H,25,27)/t17-,18-,23?,24?/m1/s1. The Kier molecular flexibility index (Phi) is 5.13. The van der Waals surface area contributed by atoms with E-state index in [1.165, 1.54) is 35.4 Å². The normalized spacial score (nSPS) is 35.8. The summed E-state index contributed by atoms with van der Waals surface area (Å²) in [5, 5.41) is 3.35. The van der Waals surface area contributed by atoms with Crippen molar-refractivity contribution in [3.05, 3.63) is 29.8 Å². The second-order valence-electron chi connectivity index (χ2n) is 10.7. The quantitative estimate of drug-likeness (QED) is 0.754. The third-order valence-corrected chi connectivity index (χ3v) is 9.81. The molecule has 7 heteroatoms. The Morgan fingerprint density at radius 3 is 2.23 bits per heavy atom. The fraction of sp³-hybridized carbons (Fsp3) is 0.708. The molecule has 6 nitrogen and oxygen atoms in total. The molecule has 1 aromatic carbocycles. The number of methoxy groups -OCH3 is 1. The molecule has 0 aromatic heterocycles. The summed E-state index contributed by atoms with van der Waals surface area (Å²) in [6, 6.07) is 8.60. The van der Waals surface area contributed by atoms with Gasteiger partial charge < -0.3 is 10.1 Å². The minimum Gasteiger partial charge on any atom is -0.497 e. The molecule has 1 heterocycles. The molecular weight excluding hydrogens is 412 g/mol. The number of benzene rings is 1. The van der Waals surface area contributed by atoms with Gasteiger partial charge >= 0.3 is 0 Å². The molecule has 0 radical (unpaired) electrons. The lowest BCUT2D eigenvalue weighted by molar-refractivity contribution is -0.150. The van der Waals surface area contributed by atoms with E-state index < -0.39 is 10.0 Å². The molecule has 1 amide bonds. The van der Waals surface area contributed by atoms with Crippen LogP contribution in [0.1, 0.15) is 56.9 Å². The molecule has 4 aliphatic carbocycles. The van der Waals surface area contributed by atoms with Crippen LogP contribution in [0.2, 0.25) is 0 Å². The van der Waals surface area contributed by atoms with Crippen LogP contribution in [-0.2, 0) is 20.2 Å². The number of hydrogen-bond acceptors (Lipinski definition) is 4. The van der Waals surface area contributed by atoms with Crippen LogP contribution in [0.25, 0.3) is 0 Å². The Balaban J connectivity index is 1.33. The van der Waals surface area contributed by atoms with E-state index in [1.807, 2.05) is 0 Å². The first-order valence-electron chi connectivity index (χ1n) is 11.6. The number of nitrogens with one attached hydrogen (secondary N) is 1. The fourth-order valence-corrected chi connectivity index (χ4v) is 8.35. The van der Waals surface area contributed by atoms with Gasteiger partial charge in [-0.15, -0.1) is 0 Å². The number of rotatable bonds is 5. The maximum Gasteiger partial charge on any atom is 0.226 e. The number of hydrogen-bond donors (Lipinski definition) is 1. The summed E-state index contributed by atoms with van der Waals surface area (Å²) in [4.78, 5) is 13.7. The van der Waals surface area contributed by atoms with E-state index in [4.69, 9.17) is 4.74 Å². The molecule has 2 atom stereocenters. The Bertz CT molecular complexity index is 936. The van der Waals surface area contributed by atoms with E-state index in [0.717, 1.165) is 25.0 Å². The Morgan fingerprint density at radius 1 is 1.06 bits per heavy atom. The van der Waals surface area contributed by atoms with Crippen LogP contribution in [-0.4, -0.2) is 51.1 Å². The van der Waals surface area contributed by atoms with Gasteiger partial charge in [-0.3, -0.25) is 4.79 Å². The number of amides is 1. The molecule has 0 unspecified atom stereocenters. The summed E-state index contributed by atoms with van der Waals surface area (Å²) < 4.78 is 30.5. The van der Waals surface area contributed by atoms with Gasteiger partial charge in [0.05, 0.1) is 18.8 Å². The summed E-state index contributed by atoms with van der Waals surface area (Å²) in [5.74, 6) is 2.35. The van der Waals surface area contributed by atoms with Crippen molar-refractivity contribution in [3.8, 4) is 5.75 Å². The van der Waals surface area contributed by atoms with Gasteiger partial charge in [0.1, 0.15) is 5.75 Å². The van der Waals surface area contributed by atoms with Gasteiger partial charge in [0.25, 0.3) is 0 Å². The molecule has 5 aliphatic rings. The zero-order valence-corrected chi connectivity index (χ0v) is 19.4. The third-order valence-electron chi connectivity index (χ3n) is 8.50. The molecule has 6 rings (SSSR count). The topological polar surface area (TPSA) is 75.7 Å².